The van der Waals surface area contributed by atoms with Gasteiger partial charge in [-0.3, -0.25) is 9.89 Å². The summed E-state index contributed by atoms with van der Waals surface area (Å²) in [4.78, 5) is 14.3. The number of rotatable bonds is 3. The second-order valence-electron chi connectivity index (χ2n) is 7.05. The van der Waals surface area contributed by atoms with Gasteiger partial charge in [-0.25, -0.2) is 17.6 Å². The number of H-pyrrole nitrogens is 1. The molecule has 0 unspecified atom stereocenters. The Morgan fingerprint density at radius 2 is 1.83 bits per heavy atom. The van der Waals surface area contributed by atoms with E-state index in [9.17, 15) is 22.4 Å². The summed E-state index contributed by atoms with van der Waals surface area (Å²) in [6.45, 7) is 0.868. The molecule has 0 saturated carbocycles. The molecule has 1 aromatic heterocycles. The molecule has 4 nitrogen and oxygen atoms in total. The van der Waals surface area contributed by atoms with Crippen molar-refractivity contribution in [3.05, 3.63) is 77.0 Å². The van der Waals surface area contributed by atoms with Gasteiger partial charge in [0.1, 0.15) is 11.6 Å². The van der Waals surface area contributed by atoms with E-state index in [-0.39, 0.29) is 23.0 Å². The van der Waals surface area contributed by atoms with Crippen LogP contribution in [0, 0.1) is 23.3 Å². The van der Waals surface area contributed by atoms with Gasteiger partial charge in [-0.1, -0.05) is 0 Å². The van der Waals surface area contributed by atoms with Crippen molar-refractivity contribution in [2.24, 2.45) is 0 Å². The number of aromatic nitrogens is 2. The monoisotopic (exact) mass is 403 g/mol. The average molecular weight is 403 g/mol. The normalized spacial score (nSPS) is 16.8. The highest BCUT2D eigenvalue weighted by Crippen LogP contribution is 2.30. The average Bonchev–Trinajstić information content (AvgIpc) is 3.19. The van der Waals surface area contributed by atoms with Crippen LogP contribution in [0.25, 0.3) is 11.3 Å². The van der Waals surface area contributed by atoms with E-state index in [1.807, 2.05) is 0 Å². The van der Waals surface area contributed by atoms with E-state index in [4.69, 9.17) is 0 Å². The first-order valence-corrected chi connectivity index (χ1v) is 9.17. The van der Waals surface area contributed by atoms with Crippen molar-refractivity contribution in [2.75, 3.05) is 13.1 Å². The topological polar surface area (TPSA) is 49.0 Å². The second-order valence-corrected chi connectivity index (χ2v) is 7.05. The van der Waals surface area contributed by atoms with Crippen LogP contribution in [0.4, 0.5) is 17.6 Å². The molecule has 150 valence electrons. The zero-order valence-electron chi connectivity index (χ0n) is 15.3. The molecular weight excluding hydrogens is 386 g/mol. The second kappa shape index (κ2) is 7.69. The Morgan fingerprint density at radius 1 is 1.00 bits per heavy atom. The summed E-state index contributed by atoms with van der Waals surface area (Å²) in [5.41, 5.74) is 1.34. The maximum atomic E-state index is 14.0. The number of amides is 1. The lowest BCUT2D eigenvalue weighted by atomic mass is 9.93. The van der Waals surface area contributed by atoms with E-state index in [0.29, 0.717) is 18.8 Å². The maximum Gasteiger partial charge on any atom is 0.253 e. The Kier molecular flexibility index (Phi) is 5.08. The number of halogens is 4. The number of aromatic amines is 1. The van der Waals surface area contributed by atoms with Crippen LogP contribution in [0.1, 0.15) is 34.8 Å². The predicted molar refractivity (Wildman–Crippen MR) is 98.2 cm³/mol. The standard InChI is InChI=1S/C21H17F4N3O/c22-14-4-5-15(17(24)9-14)20-10-19(26-27-20)13-2-1-7-28(11-13)21(29)12-3-6-16(23)18(25)8-12/h3-6,8-10,13H,1-2,7,11H2,(H,26,27)/t13-/m0/s1. The SMILES string of the molecule is O=C(c1ccc(F)c(F)c1)N1CCC[C@H](c2cc(-c3ccc(F)cc3F)n[nH]2)C1. The van der Waals surface area contributed by atoms with Crippen LogP contribution in [-0.2, 0) is 0 Å². The van der Waals surface area contributed by atoms with Gasteiger partial charge in [-0.15, -0.1) is 0 Å². The fourth-order valence-electron chi connectivity index (χ4n) is 3.61. The van der Waals surface area contributed by atoms with E-state index in [1.165, 1.54) is 12.1 Å². The third-order valence-electron chi connectivity index (χ3n) is 5.12. The molecule has 2 heterocycles. The number of likely N-dealkylation sites (tertiary alicyclic amines) is 1. The summed E-state index contributed by atoms with van der Waals surface area (Å²) in [5, 5.41) is 6.99. The van der Waals surface area contributed by atoms with Crippen molar-refractivity contribution in [3.8, 4) is 11.3 Å². The van der Waals surface area contributed by atoms with Gasteiger partial charge in [0.25, 0.3) is 5.91 Å². The number of piperidine rings is 1. The highest BCUT2D eigenvalue weighted by atomic mass is 19.2. The minimum atomic E-state index is -1.07. The summed E-state index contributed by atoms with van der Waals surface area (Å²) in [7, 11) is 0. The van der Waals surface area contributed by atoms with Crippen LogP contribution in [-0.4, -0.2) is 34.1 Å². The van der Waals surface area contributed by atoms with Crippen LogP contribution in [0.3, 0.4) is 0 Å². The van der Waals surface area contributed by atoms with Gasteiger partial charge in [0.2, 0.25) is 0 Å². The quantitative estimate of drug-likeness (QED) is 0.647. The first-order valence-electron chi connectivity index (χ1n) is 9.17. The molecule has 1 saturated heterocycles. The van der Waals surface area contributed by atoms with Crippen LogP contribution >= 0.6 is 0 Å². The molecule has 4 rings (SSSR count). The summed E-state index contributed by atoms with van der Waals surface area (Å²) in [5.74, 6) is -3.89. The van der Waals surface area contributed by atoms with Crippen LogP contribution in [0.15, 0.2) is 42.5 Å². The summed E-state index contributed by atoms with van der Waals surface area (Å²) < 4.78 is 53.7. The van der Waals surface area contributed by atoms with Crippen molar-refractivity contribution >= 4 is 5.91 Å². The van der Waals surface area contributed by atoms with E-state index in [0.717, 1.165) is 42.8 Å². The molecule has 2 aromatic carbocycles. The molecular formula is C21H17F4N3O. The Hall–Kier alpha value is -3.16. The van der Waals surface area contributed by atoms with Gasteiger partial charge < -0.3 is 4.90 Å². The molecule has 3 aromatic rings. The van der Waals surface area contributed by atoms with E-state index >= 15 is 0 Å². The molecule has 0 spiro atoms. The van der Waals surface area contributed by atoms with Gasteiger partial charge in [-0.2, -0.15) is 5.10 Å². The minimum absolute atomic E-state index is 0.0669. The number of nitrogens with one attached hydrogen (secondary N) is 1. The van der Waals surface area contributed by atoms with E-state index < -0.39 is 23.3 Å². The number of hydrogen-bond acceptors (Lipinski definition) is 2. The van der Waals surface area contributed by atoms with Gasteiger partial charge in [0.15, 0.2) is 11.6 Å². The van der Waals surface area contributed by atoms with Crippen molar-refractivity contribution in [3.63, 3.8) is 0 Å². The first-order chi connectivity index (χ1) is 13.9. The van der Waals surface area contributed by atoms with Gasteiger partial charge in [0, 0.05) is 41.9 Å². The number of hydrogen-bond donors (Lipinski definition) is 1. The predicted octanol–water partition coefficient (Wildman–Crippen LogP) is 4.65. The molecule has 29 heavy (non-hydrogen) atoms. The molecule has 1 atom stereocenters. The zero-order chi connectivity index (χ0) is 20.5. The van der Waals surface area contributed by atoms with Crippen molar-refractivity contribution in [1.82, 2.24) is 15.1 Å². The summed E-state index contributed by atoms with van der Waals surface area (Å²) in [6, 6.07) is 8.06. The van der Waals surface area contributed by atoms with Gasteiger partial charge in [-0.05, 0) is 49.2 Å². The minimum Gasteiger partial charge on any atom is -0.338 e. The molecule has 0 aliphatic carbocycles. The highest BCUT2D eigenvalue weighted by Gasteiger charge is 2.27. The van der Waals surface area contributed by atoms with Gasteiger partial charge >= 0.3 is 0 Å². The fraction of sp³-hybridized carbons (Fsp3) is 0.238. The Bertz CT molecular complexity index is 1070. The first kappa shape index (κ1) is 19.2. The number of nitrogens with zero attached hydrogens (tertiary/aromatic N) is 2. The molecule has 8 heteroatoms. The summed E-state index contributed by atoms with van der Waals surface area (Å²) >= 11 is 0. The van der Waals surface area contributed by atoms with Crippen molar-refractivity contribution in [1.29, 1.82) is 0 Å². The molecule has 1 fully saturated rings. The number of benzene rings is 2. The fourth-order valence-corrected chi connectivity index (χ4v) is 3.61. The third kappa shape index (κ3) is 3.87. The zero-order valence-corrected chi connectivity index (χ0v) is 15.3. The lowest BCUT2D eigenvalue weighted by molar-refractivity contribution is 0.0705. The summed E-state index contributed by atoms with van der Waals surface area (Å²) in [6.07, 6.45) is 1.51. The third-order valence-corrected chi connectivity index (χ3v) is 5.12. The Morgan fingerprint density at radius 3 is 2.59 bits per heavy atom. The van der Waals surface area contributed by atoms with E-state index in [2.05, 4.69) is 10.2 Å². The molecule has 1 aliphatic heterocycles. The Labute approximate surface area is 164 Å². The van der Waals surface area contributed by atoms with E-state index in [1.54, 1.807) is 11.0 Å². The molecule has 1 N–H and O–H groups in total. The molecule has 1 amide bonds. The molecule has 0 radical (unpaired) electrons. The molecule has 1 aliphatic rings. The van der Waals surface area contributed by atoms with Crippen LogP contribution in [0.2, 0.25) is 0 Å². The number of carbonyl (C=O) groups is 1. The van der Waals surface area contributed by atoms with Crippen LogP contribution in [0.5, 0.6) is 0 Å². The lowest BCUT2D eigenvalue weighted by Crippen LogP contribution is -2.39. The smallest absolute Gasteiger partial charge is 0.253 e. The van der Waals surface area contributed by atoms with Gasteiger partial charge in [0.05, 0.1) is 5.69 Å². The van der Waals surface area contributed by atoms with Crippen molar-refractivity contribution in [2.45, 2.75) is 18.8 Å². The molecule has 0 bridgehead atoms. The largest absolute Gasteiger partial charge is 0.338 e. The maximum absolute atomic E-state index is 14.0. The highest BCUT2D eigenvalue weighted by molar-refractivity contribution is 5.94. The number of carbonyl (C=O) groups excluding carboxylic acids is 1. The lowest BCUT2D eigenvalue weighted by Gasteiger charge is -2.32. The van der Waals surface area contributed by atoms with Crippen LogP contribution < -0.4 is 0 Å². The van der Waals surface area contributed by atoms with Crippen molar-refractivity contribution < 1.29 is 22.4 Å². The Balaban J connectivity index is 1.52.